The Bertz CT molecular complexity index is 183. The van der Waals surface area contributed by atoms with E-state index in [2.05, 4.69) is 5.32 Å². The molecule has 0 bridgehead atoms. The van der Waals surface area contributed by atoms with Gasteiger partial charge in [-0.25, -0.2) is 4.79 Å². The molecule has 0 unspecified atom stereocenters. The summed E-state index contributed by atoms with van der Waals surface area (Å²) in [7, 11) is 0. The van der Waals surface area contributed by atoms with E-state index in [0.717, 1.165) is 6.08 Å². The van der Waals surface area contributed by atoms with E-state index in [1.807, 2.05) is 0 Å². The van der Waals surface area contributed by atoms with Crippen LogP contribution in [-0.4, -0.2) is 17.0 Å². The van der Waals surface area contributed by atoms with E-state index in [0.29, 0.717) is 5.70 Å². The highest BCUT2D eigenvalue weighted by atomic mass is 16.4. The smallest absolute Gasteiger partial charge is 0.330 e. The van der Waals surface area contributed by atoms with Crippen molar-refractivity contribution in [2.24, 2.45) is 0 Å². The van der Waals surface area contributed by atoms with Gasteiger partial charge in [-0.15, -0.1) is 0 Å². The van der Waals surface area contributed by atoms with Crippen LogP contribution < -0.4 is 5.32 Å². The van der Waals surface area contributed by atoms with Crippen molar-refractivity contribution >= 4 is 11.9 Å². The van der Waals surface area contributed by atoms with Crippen LogP contribution in [0.1, 0.15) is 13.8 Å². The van der Waals surface area contributed by atoms with Gasteiger partial charge in [-0.1, -0.05) is 0 Å². The Morgan fingerprint density at radius 3 is 2.20 bits per heavy atom. The molecule has 1 amide bonds. The van der Waals surface area contributed by atoms with Crippen LogP contribution in [-0.2, 0) is 9.59 Å². The second kappa shape index (κ2) is 3.66. The minimum Gasteiger partial charge on any atom is -0.478 e. The highest BCUT2D eigenvalue weighted by Gasteiger charge is 1.94. The lowest BCUT2D eigenvalue weighted by atomic mass is 10.4. The Morgan fingerprint density at radius 1 is 1.40 bits per heavy atom. The number of hydrogen-bond acceptors (Lipinski definition) is 2. The summed E-state index contributed by atoms with van der Waals surface area (Å²) in [5.74, 6) is -1.33. The monoisotopic (exact) mass is 143 g/mol. The van der Waals surface area contributed by atoms with Gasteiger partial charge < -0.3 is 10.4 Å². The lowest BCUT2D eigenvalue weighted by Gasteiger charge is -1.97. The fourth-order valence-corrected chi connectivity index (χ4v) is 0.499. The van der Waals surface area contributed by atoms with E-state index in [4.69, 9.17) is 5.11 Å². The second-order valence-electron chi connectivity index (χ2n) is 1.85. The molecule has 0 saturated heterocycles. The summed E-state index contributed by atoms with van der Waals surface area (Å²) in [4.78, 5) is 20.3. The van der Waals surface area contributed by atoms with Gasteiger partial charge in [-0.2, -0.15) is 0 Å². The fraction of sp³-hybridized carbons (Fsp3) is 0.333. The van der Waals surface area contributed by atoms with Crippen LogP contribution in [0.2, 0.25) is 0 Å². The summed E-state index contributed by atoms with van der Waals surface area (Å²) in [6.07, 6.45) is 0.932. The van der Waals surface area contributed by atoms with Crippen molar-refractivity contribution in [3.8, 4) is 0 Å². The number of carbonyl (C=O) groups is 2. The number of carboxylic acid groups (broad SMARTS) is 1. The van der Waals surface area contributed by atoms with Gasteiger partial charge in [0.05, 0.1) is 0 Å². The van der Waals surface area contributed by atoms with Crippen molar-refractivity contribution in [3.63, 3.8) is 0 Å². The number of rotatable bonds is 2. The van der Waals surface area contributed by atoms with Crippen LogP contribution in [0.3, 0.4) is 0 Å². The summed E-state index contributed by atoms with van der Waals surface area (Å²) in [6, 6.07) is 0. The first-order valence-electron chi connectivity index (χ1n) is 2.71. The van der Waals surface area contributed by atoms with Crippen molar-refractivity contribution < 1.29 is 14.7 Å². The Balaban J connectivity index is 3.95. The van der Waals surface area contributed by atoms with Gasteiger partial charge in [-0.3, -0.25) is 4.79 Å². The van der Waals surface area contributed by atoms with Crippen molar-refractivity contribution in [2.75, 3.05) is 0 Å². The van der Waals surface area contributed by atoms with Gasteiger partial charge in [0.2, 0.25) is 5.91 Å². The molecule has 0 aromatic heterocycles. The van der Waals surface area contributed by atoms with E-state index < -0.39 is 5.97 Å². The van der Waals surface area contributed by atoms with Crippen molar-refractivity contribution in [1.82, 2.24) is 5.32 Å². The van der Waals surface area contributed by atoms with Crippen LogP contribution in [0.5, 0.6) is 0 Å². The van der Waals surface area contributed by atoms with E-state index in [9.17, 15) is 9.59 Å². The van der Waals surface area contributed by atoms with Crippen molar-refractivity contribution in [2.45, 2.75) is 13.8 Å². The van der Waals surface area contributed by atoms with Gasteiger partial charge in [0, 0.05) is 18.7 Å². The third kappa shape index (κ3) is 4.83. The Morgan fingerprint density at radius 2 is 1.90 bits per heavy atom. The predicted octanol–water partition coefficient (Wildman–Crippen LogP) is 0.111. The first-order chi connectivity index (χ1) is 4.52. The van der Waals surface area contributed by atoms with E-state index in [1.165, 1.54) is 13.8 Å². The molecule has 4 nitrogen and oxygen atoms in total. The minimum atomic E-state index is -1.06. The highest BCUT2D eigenvalue weighted by molar-refractivity contribution is 5.82. The van der Waals surface area contributed by atoms with Gasteiger partial charge in [0.15, 0.2) is 0 Å². The van der Waals surface area contributed by atoms with Gasteiger partial charge in [-0.05, 0) is 6.92 Å². The Labute approximate surface area is 58.5 Å². The number of allylic oxidation sites excluding steroid dienone is 1. The van der Waals surface area contributed by atoms with Crippen LogP contribution in [0, 0.1) is 0 Å². The molecule has 10 heavy (non-hydrogen) atoms. The molecule has 0 radical (unpaired) electrons. The molecule has 0 aliphatic carbocycles. The fourth-order valence-electron chi connectivity index (χ4n) is 0.499. The van der Waals surface area contributed by atoms with Crippen LogP contribution >= 0.6 is 0 Å². The third-order valence-electron chi connectivity index (χ3n) is 0.713. The molecule has 0 atom stereocenters. The summed E-state index contributed by atoms with van der Waals surface area (Å²) >= 11 is 0. The molecule has 4 heteroatoms. The van der Waals surface area contributed by atoms with E-state index in [-0.39, 0.29) is 5.91 Å². The minimum absolute atomic E-state index is 0.269. The Hall–Kier alpha value is -1.32. The number of aliphatic carboxylic acids is 1. The molecule has 0 saturated carbocycles. The zero-order valence-corrected chi connectivity index (χ0v) is 5.84. The van der Waals surface area contributed by atoms with Crippen molar-refractivity contribution in [3.05, 3.63) is 11.8 Å². The normalized spacial score (nSPS) is 10.8. The summed E-state index contributed by atoms with van der Waals surface area (Å²) in [5.41, 5.74) is 0.333. The second-order valence-corrected chi connectivity index (χ2v) is 1.85. The molecule has 2 N–H and O–H groups in total. The first-order valence-corrected chi connectivity index (χ1v) is 2.71. The molecule has 0 heterocycles. The lowest BCUT2D eigenvalue weighted by molar-refractivity contribution is -0.131. The largest absolute Gasteiger partial charge is 0.478 e. The average molecular weight is 143 g/mol. The average Bonchev–Trinajstić information content (AvgIpc) is 1.58. The summed E-state index contributed by atoms with van der Waals surface area (Å²) in [5, 5.41) is 10.5. The van der Waals surface area contributed by atoms with Gasteiger partial charge in [0.1, 0.15) is 0 Å². The third-order valence-corrected chi connectivity index (χ3v) is 0.713. The molecule has 0 fully saturated rings. The molecule has 0 aliphatic heterocycles. The van der Waals surface area contributed by atoms with Crippen LogP contribution in [0.25, 0.3) is 0 Å². The maximum atomic E-state index is 10.3. The quantitative estimate of drug-likeness (QED) is 0.539. The molecular weight excluding hydrogens is 134 g/mol. The molecule has 0 spiro atoms. The lowest BCUT2D eigenvalue weighted by Crippen LogP contribution is -2.17. The zero-order chi connectivity index (χ0) is 8.15. The number of carboxylic acids is 1. The topological polar surface area (TPSA) is 66.4 Å². The summed E-state index contributed by atoms with van der Waals surface area (Å²) < 4.78 is 0. The first kappa shape index (κ1) is 8.68. The van der Waals surface area contributed by atoms with Crippen molar-refractivity contribution in [1.29, 1.82) is 0 Å². The zero-order valence-electron chi connectivity index (χ0n) is 5.84. The SMILES string of the molecule is CC(=O)N/C(C)=C/C(=O)O. The highest BCUT2D eigenvalue weighted by Crippen LogP contribution is 1.84. The number of amides is 1. The summed E-state index contributed by atoms with van der Waals surface area (Å²) in [6.45, 7) is 2.83. The van der Waals surface area contributed by atoms with Crippen LogP contribution in [0.15, 0.2) is 11.8 Å². The predicted molar refractivity (Wildman–Crippen MR) is 35.2 cm³/mol. The molecular formula is C6H9NO3. The number of hydrogen-bond donors (Lipinski definition) is 2. The van der Waals surface area contributed by atoms with Crippen LogP contribution in [0.4, 0.5) is 0 Å². The standard InChI is InChI=1S/C6H9NO3/c1-4(3-6(9)10)7-5(2)8/h3H,1-2H3,(H,7,8)(H,9,10)/b4-3+. The maximum absolute atomic E-state index is 10.3. The van der Waals surface area contributed by atoms with E-state index in [1.54, 1.807) is 0 Å². The molecule has 0 rings (SSSR count). The maximum Gasteiger partial charge on any atom is 0.330 e. The number of nitrogens with one attached hydrogen (secondary N) is 1. The van der Waals surface area contributed by atoms with Gasteiger partial charge in [0.25, 0.3) is 0 Å². The van der Waals surface area contributed by atoms with E-state index >= 15 is 0 Å². The molecule has 0 aliphatic rings. The van der Waals surface area contributed by atoms with Gasteiger partial charge >= 0.3 is 5.97 Å². The molecule has 56 valence electrons. The molecule has 0 aromatic carbocycles. The Kier molecular flexibility index (Phi) is 3.17. The number of carbonyl (C=O) groups excluding carboxylic acids is 1. The molecule has 0 aromatic rings.